The zero-order valence-corrected chi connectivity index (χ0v) is 14.8. The van der Waals surface area contributed by atoms with Crippen LogP contribution in [0.25, 0.3) is 0 Å². The summed E-state index contributed by atoms with van der Waals surface area (Å²) >= 11 is 0. The number of piperidine rings is 1. The number of aromatic amines is 1. The van der Waals surface area contributed by atoms with E-state index >= 15 is 0 Å². The lowest BCUT2D eigenvalue weighted by molar-refractivity contribution is -0.126. The monoisotopic (exact) mass is 344 g/mol. The highest BCUT2D eigenvalue weighted by Gasteiger charge is 2.27. The summed E-state index contributed by atoms with van der Waals surface area (Å²) < 4.78 is 1.77. The van der Waals surface area contributed by atoms with Gasteiger partial charge in [0.25, 0.3) is 5.56 Å². The Labute approximate surface area is 146 Å². The van der Waals surface area contributed by atoms with Gasteiger partial charge in [-0.05, 0) is 26.7 Å². The number of hydrogen-bond acceptors (Lipinski definition) is 5. The van der Waals surface area contributed by atoms with E-state index in [0.717, 1.165) is 42.9 Å². The van der Waals surface area contributed by atoms with Gasteiger partial charge >= 0.3 is 0 Å². The highest BCUT2D eigenvalue weighted by molar-refractivity contribution is 5.79. The highest BCUT2D eigenvalue weighted by atomic mass is 16.2. The van der Waals surface area contributed by atoms with Gasteiger partial charge in [0.1, 0.15) is 0 Å². The molecule has 1 unspecified atom stereocenters. The van der Waals surface area contributed by atoms with Crippen molar-refractivity contribution in [3.8, 4) is 0 Å². The molecule has 0 aromatic carbocycles. The Morgan fingerprint density at radius 2 is 2.12 bits per heavy atom. The third-order valence-electron chi connectivity index (χ3n) is 4.76. The standard InChI is InChI=1S/C17H24N6O2/c1-11(15-10-22(3)21-12(15)2)19-17(25)13-4-6-23(7-5-13)14-8-16(24)20-18-9-14/h8-11,13H,4-7H2,1-3H3,(H,19,25)(H,20,24). The average molecular weight is 344 g/mol. The summed E-state index contributed by atoms with van der Waals surface area (Å²) in [6, 6.07) is 1.48. The number of nitrogens with one attached hydrogen (secondary N) is 2. The van der Waals surface area contributed by atoms with Crippen LogP contribution in [0.2, 0.25) is 0 Å². The van der Waals surface area contributed by atoms with Crippen LogP contribution >= 0.6 is 0 Å². The lowest BCUT2D eigenvalue weighted by Gasteiger charge is -2.33. The number of amides is 1. The molecule has 1 amide bonds. The lowest BCUT2D eigenvalue weighted by atomic mass is 9.95. The predicted octanol–water partition coefficient (Wildman–Crippen LogP) is 0.906. The van der Waals surface area contributed by atoms with E-state index in [0.29, 0.717) is 0 Å². The minimum Gasteiger partial charge on any atom is -0.370 e. The van der Waals surface area contributed by atoms with Gasteiger partial charge in [-0.3, -0.25) is 14.3 Å². The Bertz CT molecular complexity index is 803. The van der Waals surface area contributed by atoms with Crippen LogP contribution in [0, 0.1) is 12.8 Å². The van der Waals surface area contributed by atoms with Crippen molar-refractivity contribution in [2.24, 2.45) is 13.0 Å². The molecule has 0 radical (unpaired) electrons. The molecular formula is C17H24N6O2. The first-order valence-corrected chi connectivity index (χ1v) is 8.54. The molecule has 1 aliphatic rings. The molecule has 3 heterocycles. The molecule has 1 atom stereocenters. The van der Waals surface area contributed by atoms with Crippen molar-refractivity contribution in [1.29, 1.82) is 0 Å². The first-order valence-electron chi connectivity index (χ1n) is 8.54. The van der Waals surface area contributed by atoms with Crippen molar-refractivity contribution >= 4 is 11.6 Å². The lowest BCUT2D eigenvalue weighted by Crippen LogP contribution is -2.41. The molecule has 2 aromatic rings. The molecule has 8 nitrogen and oxygen atoms in total. The second-order valence-electron chi connectivity index (χ2n) is 6.64. The van der Waals surface area contributed by atoms with Crippen molar-refractivity contribution < 1.29 is 4.79 Å². The fourth-order valence-corrected chi connectivity index (χ4v) is 3.39. The van der Waals surface area contributed by atoms with Crippen molar-refractivity contribution in [1.82, 2.24) is 25.3 Å². The van der Waals surface area contributed by atoms with E-state index in [2.05, 4.69) is 25.5 Å². The van der Waals surface area contributed by atoms with Crippen LogP contribution in [0.4, 0.5) is 5.69 Å². The van der Waals surface area contributed by atoms with Gasteiger partial charge in [0.05, 0.1) is 23.6 Å². The topological polar surface area (TPSA) is 95.9 Å². The van der Waals surface area contributed by atoms with Crippen LogP contribution < -0.4 is 15.8 Å². The average Bonchev–Trinajstić information content (AvgIpc) is 2.93. The van der Waals surface area contributed by atoms with Crippen LogP contribution in [0.5, 0.6) is 0 Å². The number of anilines is 1. The van der Waals surface area contributed by atoms with Crippen molar-refractivity contribution in [3.63, 3.8) is 0 Å². The fraction of sp³-hybridized carbons (Fsp3) is 0.529. The number of aryl methyl sites for hydroxylation is 2. The van der Waals surface area contributed by atoms with E-state index in [-0.39, 0.29) is 23.4 Å². The number of rotatable bonds is 4. The number of hydrogen-bond donors (Lipinski definition) is 2. The molecule has 2 N–H and O–H groups in total. The van der Waals surface area contributed by atoms with Crippen LogP contribution in [0.3, 0.4) is 0 Å². The molecule has 1 aliphatic heterocycles. The summed E-state index contributed by atoms with van der Waals surface area (Å²) in [5.41, 5.74) is 2.58. The predicted molar refractivity (Wildman–Crippen MR) is 94.3 cm³/mol. The van der Waals surface area contributed by atoms with Gasteiger partial charge in [-0.2, -0.15) is 10.2 Å². The largest absolute Gasteiger partial charge is 0.370 e. The molecule has 0 saturated carbocycles. The van der Waals surface area contributed by atoms with Crippen LogP contribution in [0.1, 0.15) is 37.1 Å². The van der Waals surface area contributed by atoms with E-state index in [1.807, 2.05) is 27.1 Å². The number of carbonyl (C=O) groups excluding carboxylic acids is 1. The SMILES string of the molecule is Cc1nn(C)cc1C(C)NC(=O)C1CCN(c2cn[nH]c(=O)c2)CC1. The van der Waals surface area contributed by atoms with Gasteiger partial charge in [0.15, 0.2) is 0 Å². The third kappa shape index (κ3) is 3.89. The van der Waals surface area contributed by atoms with Crippen LogP contribution in [-0.4, -0.2) is 39.0 Å². The zero-order valence-electron chi connectivity index (χ0n) is 14.8. The maximum Gasteiger partial charge on any atom is 0.266 e. The molecule has 25 heavy (non-hydrogen) atoms. The van der Waals surface area contributed by atoms with Gasteiger partial charge in [-0.25, -0.2) is 5.10 Å². The van der Waals surface area contributed by atoms with Gasteiger partial charge < -0.3 is 10.2 Å². The van der Waals surface area contributed by atoms with E-state index in [1.165, 1.54) is 0 Å². The van der Waals surface area contributed by atoms with Gasteiger partial charge in [0, 0.05) is 43.9 Å². The smallest absolute Gasteiger partial charge is 0.266 e. The number of H-pyrrole nitrogens is 1. The Morgan fingerprint density at radius 3 is 2.72 bits per heavy atom. The molecule has 0 bridgehead atoms. The minimum absolute atomic E-state index is 0.00867. The molecule has 8 heteroatoms. The molecule has 1 saturated heterocycles. The second-order valence-corrected chi connectivity index (χ2v) is 6.64. The zero-order chi connectivity index (χ0) is 18.0. The summed E-state index contributed by atoms with van der Waals surface area (Å²) in [5.74, 6) is 0.0741. The molecular weight excluding hydrogens is 320 g/mol. The first-order chi connectivity index (χ1) is 11.9. The molecule has 0 spiro atoms. The Morgan fingerprint density at radius 1 is 1.40 bits per heavy atom. The van der Waals surface area contributed by atoms with Gasteiger partial charge in [0.2, 0.25) is 5.91 Å². The minimum atomic E-state index is -0.210. The van der Waals surface area contributed by atoms with E-state index in [1.54, 1.807) is 16.9 Å². The fourth-order valence-electron chi connectivity index (χ4n) is 3.39. The quantitative estimate of drug-likeness (QED) is 0.859. The third-order valence-corrected chi connectivity index (χ3v) is 4.76. The summed E-state index contributed by atoms with van der Waals surface area (Å²) in [4.78, 5) is 26.0. The number of nitrogens with zero attached hydrogens (tertiary/aromatic N) is 4. The van der Waals surface area contributed by atoms with Crippen molar-refractivity contribution in [2.45, 2.75) is 32.7 Å². The maximum absolute atomic E-state index is 12.6. The molecule has 134 valence electrons. The second kappa shape index (κ2) is 7.08. The van der Waals surface area contributed by atoms with Crippen molar-refractivity contribution in [3.05, 3.63) is 40.1 Å². The van der Waals surface area contributed by atoms with E-state index < -0.39 is 0 Å². The van der Waals surface area contributed by atoms with E-state index in [4.69, 9.17) is 0 Å². The number of carbonyl (C=O) groups is 1. The maximum atomic E-state index is 12.6. The Hall–Kier alpha value is -2.64. The molecule has 0 aliphatic carbocycles. The van der Waals surface area contributed by atoms with Gasteiger partial charge in [-0.15, -0.1) is 0 Å². The highest BCUT2D eigenvalue weighted by Crippen LogP contribution is 2.23. The van der Waals surface area contributed by atoms with Gasteiger partial charge in [-0.1, -0.05) is 0 Å². The first kappa shape index (κ1) is 17.2. The molecule has 1 fully saturated rings. The molecule has 2 aromatic heterocycles. The Kier molecular flexibility index (Phi) is 4.87. The van der Waals surface area contributed by atoms with Crippen LogP contribution in [-0.2, 0) is 11.8 Å². The van der Waals surface area contributed by atoms with Crippen molar-refractivity contribution in [2.75, 3.05) is 18.0 Å². The summed E-state index contributed by atoms with van der Waals surface area (Å²) in [5, 5.41) is 13.6. The number of aromatic nitrogens is 4. The molecule has 3 rings (SSSR count). The summed E-state index contributed by atoms with van der Waals surface area (Å²) in [6.45, 7) is 5.41. The normalized spacial score (nSPS) is 16.7. The Balaban J connectivity index is 1.56. The summed E-state index contributed by atoms with van der Waals surface area (Å²) in [7, 11) is 1.88. The van der Waals surface area contributed by atoms with E-state index in [9.17, 15) is 9.59 Å². The summed E-state index contributed by atoms with van der Waals surface area (Å²) in [6.07, 6.45) is 5.12. The van der Waals surface area contributed by atoms with Crippen LogP contribution in [0.15, 0.2) is 23.3 Å².